The lowest BCUT2D eigenvalue weighted by atomic mass is 10.4. The second-order valence-corrected chi connectivity index (χ2v) is 1.56. The molecule has 1 atom stereocenters. The molecular formula is C5H6O6. The normalized spacial score (nSPS) is 11.8. The van der Waals surface area contributed by atoms with E-state index in [2.05, 4.69) is 4.74 Å². The number of hydrogen-bond donors (Lipinski definition) is 2. The molecule has 62 valence electrons. The Morgan fingerprint density at radius 2 is 2.09 bits per heavy atom. The summed E-state index contributed by atoms with van der Waals surface area (Å²) in [7, 11) is 0. The molecule has 0 aliphatic carbocycles. The zero-order chi connectivity index (χ0) is 8.85. The van der Waals surface area contributed by atoms with E-state index in [1.807, 2.05) is 0 Å². The number of aldehydes is 1. The molecule has 0 fully saturated rings. The van der Waals surface area contributed by atoms with Gasteiger partial charge in [0, 0.05) is 0 Å². The summed E-state index contributed by atoms with van der Waals surface area (Å²) in [6, 6.07) is 0. The van der Waals surface area contributed by atoms with Crippen LogP contribution in [-0.2, 0) is 19.1 Å². The number of hydrogen-bond acceptors (Lipinski definition) is 6. The molecule has 0 saturated heterocycles. The third kappa shape index (κ3) is 3.43. The first kappa shape index (κ1) is 9.73. The minimum atomic E-state index is -1.78. The molecule has 2 N–H and O–H groups in total. The molecule has 0 aromatic rings. The van der Waals surface area contributed by atoms with Gasteiger partial charge in [-0.1, -0.05) is 0 Å². The fraction of sp³-hybridized carbons (Fsp3) is 0.400. The van der Waals surface area contributed by atoms with Crippen LogP contribution in [0, 0.1) is 0 Å². The molecule has 1 unspecified atom stereocenters. The zero-order valence-electron chi connectivity index (χ0n) is 5.39. The topological polar surface area (TPSA) is 101 Å². The summed E-state index contributed by atoms with van der Waals surface area (Å²) in [6.07, 6.45) is -2.00. The summed E-state index contributed by atoms with van der Waals surface area (Å²) in [5.74, 6) is -2.74. The molecule has 0 rings (SSSR count). The van der Waals surface area contributed by atoms with Crippen LogP contribution in [0.3, 0.4) is 0 Å². The summed E-state index contributed by atoms with van der Waals surface area (Å²) >= 11 is 0. The molecule has 0 radical (unpaired) electrons. The van der Waals surface area contributed by atoms with Gasteiger partial charge in [0.25, 0.3) is 0 Å². The number of esters is 2. The molecule has 0 heterocycles. The van der Waals surface area contributed by atoms with Crippen LogP contribution >= 0.6 is 0 Å². The van der Waals surface area contributed by atoms with Gasteiger partial charge in [0.2, 0.25) is 6.29 Å². The van der Waals surface area contributed by atoms with E-state index in [9.17, 15) is 14.4 Å². The van der Waals surface area contributed by atoms with Crippen molar-refractivity contribution < 1.29 is 29.3 Å². The Morgan fingerprint density at radius 1 is 1.55 bits per heavy atom. The maximum absolute atomic E-state index is 10.3. The Bertz CT molecular complexity index is 174. The second kappa shape index (κ2) is 4.53. The van der Waals surface area contributed by atoms with Gasteiger partial charge in [0.05, 0.1) is 6.61 Å². The number of aliphatic hydroxyl groups excluding tert-OH is 2. The Balaban J connectivity index is 3.86. The highest BCUT2D eigenvalue weighted by molar-refractivity contribution is 6.23. The molecule has 0 aromatic heterocycles. The van der Waals surface area contributed by atoms with Gasteiger partial charge < -0.3 is 14.9 Å². The van der Waals surface area contributed by atoms with Gasteiger partial charge in [0.1, 0.15) is 0 Å². The third-order valence-corrected chi connectivity index (χ3v) is 0.742. The molecule has 6 nitrogen and oxygen atoms in total. The highest BCUT2D eigenvalue weighted by Crippen LogP contribution is 1.86. The molecule has 0 aliphatic rings. The van der Waals surface area contributed by atoms with Gasteiger partial charge >= 0.3 is 11.9 Å². The second-order valence-electron chi connectivity index (χ2n) is 1.56. The van der Waals surface area contributed by atoms with E-state index in [0.29, 0.717) is 0 Å². The standard InChI is InChI=1S/C5H6O6/c6-1-3(8)5(10)11-4(9)2-7/h2-3,6,8H,1H2. The minimum absolute atomic E-state index is 0.220. The van der Waals surface area contributed by atoms with Crippen molar-refractivity contribution in [2.45, 2.75) is 6.10 Å². The lowest BCUT2D eigenvalue weighted by Gasteiger charge is -2.02. The van der Waals surface area contributed by atoms with Crippen molar-refractivity contribution in [3.8, 4) is 0 Å². The van der Waals surface area contributed by atoms with Crippen LogP contribution in [-0.4, -0.2) is 41.1 Å². The van der Waals surface area contributed by atoms with Crippen molar-refractivity contribution >= 4 is 18.2 Å². The number of carbonyl (C=O) groups excluding carboxylic acids is 3. The molecule has 0 aromatic carbocycles. The van der Waals surface area contributed by atoms with Crippen LogP contribution in [0.2, 0.25) is 0 Å². The maximum Gasteiger partial charge on any atom is 0.379 e. The Morgan fingerprint density at radius 3 is 2.45 bits per heavy atom. The highest BCUT2D eigenvalue weighted by Gasteiger charge is 2.18. The van der Waals surface area contributed by atoms with E-state index in [1.165, 1.54) is 0 Å². The van der Waals surface area contributed by atoms with Gasteiger partial charge in [-0.05, 0) is 0 Å². The summed E-state index contributed by atoms with van der Waals surface area (Å²) in [5, 5.41) is 16.6. The predicted molar refractivity (Wildman–Crippen MR) is 30.3 cm³/mol. The van der Waals surface area contributed by atoms with Crippen LogP contribution in [0.5, 0.6) is 0 Å². The fourth-order valence-corrected chi connectivity index (χ4v) is 0.266. The van der Waals surface area contributed by atoms with Crippen LogP contribution in [0.4, 0.5) is 0 Å². The molecule has 11 heavy (non-hydrogen) atoms. The molecule has 0 spiro atoms. The van der Waals surface area contributed by atoms with Crippen molar-refractivity contribution in [3.05, 3.63) is 0 Å². The van der Waals surface area contributed by atoms with Crippen molar-refractivity contribution in [2.75, 3.05) is 6.61 Å². The largest absolute Gasteiger partial charge is 0.393 e. The smallest absolute Gasteiger partial charge is 0.379 e. The average molecular weight is 162 g/mol. The number of aliphatic hydroxyl groups is 2. The van der Waals surface area contributed by atoms with Crippen LogP contribution in [0.15, 0.2) is 0 Å². The van der Waals surface area contributed by atoms with Gasteiger partial charge in [-0.25, -0.2) is 9.59 Å². The first-order valence-corrected chi connectivity index (χ1v) is 2.61. The van der Waals surface area contributed by atoms with Gasteiger partial charge in [-0.2, -0.15) is 0 Å². The highest BCUT2D eigenvalue weighted by atomic mass is 16.6. The molecule has 0 saturated carbocycles. The van der Waals surface area contributed by atoms with Crippen LogP contribution < -0.4 is 0 Å². The van der Waals surface area contributed by atoms with E-state index in [1.54, 1.807) is 0 Å². The van der Waals surface area contributed by atoms with Crippen molar-refractivity contribution in [3.63, 3.8) is 0 Å². The fourth-order valence-electron chi connectivity index (χ4n) is 0.266. The SMILES string of the molecule is O=CC(=O)OC(=O)C(O)CO. The number of carbonyl (C=O) groups is 3. The molecular weight excluding hydrogens is 156 g/mol. The van der Waals surface area contributed by atoms with Crippen molar-refractivity contribution in [1.82, 2.24) is 0 Å². The van der Waals surface area contributed by atoms with E-state index in [4.69, 9.17) is 10.2 Å². The summed E-state index contributed by atoms with van der Waals surface area (Å²) < 4.78 is 3.70. The zero-order valence-corrected chi connectivity index (χ0v) is 5.39. The number of rotatable bonds is 3. The van der Waals surface area contributed by atoms with E-state index >= 15 is 0 Å². The quantitative estimate of drug-likeness (QED) is 0.208. The van der Waals surface area contributed by atoms with Crippen molar-refractivity contribution in [1.29, 1.82) is 0 Å². The maximum atomic E-state index is 10.3. The Hall–Kier alpha value is -1.27. The minimum Gasteiger partial charge on any atom is -0.393 e. The predicted octanol–water partition coefficient (Wildman–Crippen LogP) is -2.39. The van der Waals surface area contributed by atoms with Gasteiger partial charge in [0.15, 0.2) is 6.10 Å². The van der Waals surface area contributed by atoms with Crippen LogP contribution in [0.25, 0.3) is 0 Å². The summed E-state index contributed by atoms with van der Waals surface area (Å²) in [5.41, 5.74) is 0. The average Bonchev–Trinajstić information content (AvgIpc) is 2.02. The lowest BCUT2D eigenvalue weighted by molar-refractivity contribution is -0.167. The van der Waals surface area contributed by atoms with E-state index < -0.39 is 24.6 Å². The van der Waals surface area contributed by atoms with E-state index in [-0.39, 0.29) is 6.29 Å². The van der Waals surface area contributed by atoms with E-state index in [0.717, 1.165) is 0 Å². The first-order chi connectivity index (χ1) is 5.11. The number of ether oxygens (including phenoxy) is 1. The third-order valence-electron chi connectivity index (χ3n) is 0.742. The molecule has 0 amide bonds. The first-order valence-electron chi connectivity index (χ1n) is 2.61. The Kier molecular flexibility index (Phi) is 4.01. The summed E-state index contributed by atoms with van der Waals surface area (Å²) in [4.78, 5) is 30.0. The molecule has 0 bridgehead atoms. The lowest BCUT2D eigenvalue weighted by Crippen LogP contribution is -2.29. The summed E-state index contributed by atoms with van der Waals surface area (Å²) in [6.45, 7) is -0.856. The molecule has 6 heteroatoms. The Labute approximate surface area is 61.4 Å². The monoisotopic (exact) mass is 162 g/mol. The van der Waals surface area contributed by atoms with Crippen molar-refractivity contribution in [2.24, 2.45) is 0 Å². The van der Waals surface area contributed by atoms with Gasteiger partial charge in [-0.15, -0.1) is 0 Å². The van der Waals surface area contributed by atoms with Gasteiger partial charge in [-0.3, -0.25) is 4.79 Å². The molecule has 0 aliphatic heterocycles. The van der Waals surface area contributed by atoms with Crippen LogP contribution in [0.1, 0.15) is 0 Å².